The zero-order chi connectivity index (χ0) is 25.3. The maximum atomic E-state index is 12.8. The van der Waals surface area contributed by atoms with Crippen LogP contribution in [-0.4, -0.2) is 43.5 Å². The molecule has 2 N–H and O–H groups in total. The first kappa shape index (κ1) is 25.7. The fourth-order valence-corrected chi connectivity index (χ4v) is 4.98. The van der Waals surface area contributed by atoms with E-state index >= 15 is 0 Å². The number of carbonyl (C=O) groups excluding carboxylic acids is 1. The lowest BCUT2D eigenvalue weighted by atomic mass is 9.88. The number of nitrogens with zero attached hydrogens (tertiary/aromatic N) is 1. The van der Waals surface area contributed by atoms with Crippen LogP contribution >= 0.6 is 0 Å². The van der Waals surface area contributed by atoms with E-state index in [2.05, 4.69) is 84.3 Å². The molecule has 1 atom stereocenters. The number of hydrogen-bond donors (Lipinski definition) is 2. The molecule has 3 aromatic rings. The Morgan fingerprint density at radius 2 is 1.53 bits per heavy atom. The van der Waals surface area contributed by atoms with Gasteiger partial charge in [-0.1, -0.05) is 67.1 Å². The van der Waals surface area contributed by atoms with Gasteiger partial charge in [-0.3, -0.25) is 4.79 Å². The molecule has 1 unspecified atom stereocenters. The molecule has 3 aromatic carbocycles. The third-order valence-electron chi connectivity index (χ3n) is 7.16. The minimum Gasteiger partial charge on any atom is -0.384 e. The number of nitrogens with one attached hydrogen (secondary N) is 2. The Labute approximate surface area is 216 Å². The van der Waals surface area contributed by atoms with Gasteiger partial charge < -0.3 is 15.5 Å². The van der Waals surface area contributed by atoms with Crippen LogP contribution < -0.4 is 10.6 Å². The lowest BCUT2D eigenvalue weighted by Gasteiger charge is -2.22. The van der Waals surface area contributed by atoms with Gasteiger partial charge in [0.1, 0.15) is 0 Å². The van der Waals surface area contributed by atoms with Crippen molar-refractivity contribution in [3.8, 4) is 0 Å². The smallest absolute Gasteiger partial charge is 0.253 e. The van der Waals surface area contributed by atoms with Crippen LogP contribution in [0, 0.1) is 0 Å². The number of hydrogen-bond acceptors (Lipinski definition) is 3. The Bertz CT molecular complexity index is 1160. The highest BCUT2D eigenvalue weighted by atomic mass is 16.2. The normalized spacial score (nSPS) is 14.2. The number of rotatable bonds is 9. The molecule has 1 amide bonds. The van der Waals surface area contributed by atoms with E-state index in [-0.39, 0.29) is 5.91 Å². The van der Waals surface area contributed by atoms with Crippen molar-refractivity contribution in [2.24, 2.45) is 0 Å². The van der Waals surface area contributed by atoms with Crippen LogP contribution in [0.3, 0.4) is 0 Å². The first-order chi connectivity index (χ1) is 17.6. The fourth-order valence-electron chi connectivity index (χ4n) is 4.98. The van der Waals surface area contributed by atoms with Crippen molar-refractivity contribution in [2.75, 3.05) is 38.0 Å². The molecule has 0 bridgehead atoms. The van der Waals surface area contributed by atoms with Crippen molar-refractivity contribution < 1.29 is 4.79 Å². The Morgan fingerprint density at radius 3 is 2.19 bits per heavy atom. The molecule has 1 heterocycles. The number of amides is 1. The van der Waals surface area contributed by atoms with Gasteiger partial charge in [0.15, 0.2) is 0 Å². The van der Waals surface area contributed by atoms with Crippen molar-refractivity contribution in [1.29, 1.82) is 0 Å². The van der Waals surface area contributed by atoms with Crippen LogP contribution in [0.15, 0.2) is 84.4 Å². The molecule has 4 nitrogen and oxygen atoms in total. The molecule has 0 aliphatic carbocycles. The first-order valence-corrected chi connectivity index (χ1v) is 13.3. The Balaban J connectivity index is 1.60. The summed E-state index contributed by atoms with van der Waals surface area (Å²) in [5.74, 6) is 0.523. The molecule has 36 heavy (non-hydrogen) atoms. The topological polar surface area (TPSA) is 44.4 Å². The largest absolute Gasteiger partial charge is 0.384 e. The number of piperidine rings is 1. The lowest BCUT2D eigenvalue weighted by molar-refractivity contribution is 0.0773. The van der Waals surface area contributed by atoms with E-state index in [0.717, 1.165) is 56.8 Å². The molecule has 0 spiro atoms. The van der Waals surface area contributed by atoms with E-state index in [9.17, 15) is 4.79 Å². The lowest BCUT2D eigenvalue weighted by Crippen LogP contribution is -2.30. The van der Waals surface area contributed by atoms with E-state index in [0.29, 0.717) is 5.92 Å². The van der Waals surface area contributed by atoms with Crippen LogP contribution in [-0.2, 0) is 0 Å². The van der Waals surface area contributed by atoms with Crippen LogP contribution in [0.5, 0.6) is 0 Å². The molecule has 1 aliphatic heterocycles. The second kappa shape index (κ2) is 12.5. The molecular weight excluding hydrogens is 442 g/mol. The van der Waals surface area contributed by atoms with E-state index in [1.807, 2.05) is 30.9 Å². The van der Waals surface area contributed by atoms with E-state index in [1.165, 1.54) is 27.8 Å². The van der Waals surface area contributed by atoms with Crippen LogP contribution in [0.4, 0.5) is 5.69 Å². The first-order valence-electron chi connectivity index (χ1n) is 13.3. The summed E-state index contributed by atoms with van der Waals surface area (Å²) < 4.78 is 0. The third kappa shape index (κ3) is 6.24. The molecule has 4 rings (SSSR count). The summed E-state index contributed by atoms with van der Waals surface area (Å²) in [5.41, 5.74) is 8.42. The number of carbonyl (C=O) groups is 1. The summed E-state index contributed by atoms with van der Waals surface area (Å²) in [4.78, 5) is 14.7. The molecule has 188 valence electrons. The fraction of sp³-hybridized carbons (Fsp3) is 0.344. The monoisotopic (exact) mass is 481 g/mol. The molecular formula is C32H39N3O. The Kier molecular flexibility index (Phi) is 8.96. The minimum absolute atomic E-state index is 0.0985. The molecule has 0 radical (unpaired) electrons. The van der Waals surface area contributed by atoms with Gasteiger partial charge in [-0.05, 0) is 92.2 Å². The number of anilines is 1. The summed E-state index contributed by atoms with van der Waals surface area (Å²) in [6.07, 6.45) is 2.08. The second-order valence-electron chi connectivity index (χ2n) is 9.56. The van der Waals surface area contributed by atoms with Crippen LogP contribution in [0.25, 0.3) is 5.57 Å². The summed E-state index contributed by atoms with van der Waals surface area (Å²) in [6.45, 7) is 10.6. The predicted molar refractivity (Wildman–Crippen MR) is 152 cm³/mol. The zero-order valence-electron chi connectivity index (χ0n) is 21.9. The Hall–Kier alpha value is -3.37. The molecule has 1 saturated heterocycles. The van der Waals surface area contributed by atoms with Crippen molar-refractivity contribution >= 4 is 17.2 Å². The second-order valence-corrected chi connectivity index (χ2v) is 9.56. The van der Waals surface area contributed by atoms with Crippen molar-refractivity contribution in [3.63, 3.8) is 0 Å². The Morgan fingerprint density at radius 1 is 0.861 bits per heavy atom. The average Bonchev–Trinajstić information content (AvgIpc) is 2.94. The maximum absolute atomic E-state index is 12.8. The standard InChI is InChI=1S/C32H39N3O/c1-4-35(5-2)32(36)28-16-14-26(15-17-28)31(27-18-20-33-21-19-27)29-12-9-13-30(22-29)34-23-24(3)25-10-7-6-8-11-25/h6-17,22,24,33-34H,4-5,18-21,23H2,1-3H3. The summed E-state index contributed by atoms with van der Waals surface area (Å²) in [5, 5.41) is 7.14. The SMILES string of the molecule is CCN(CC)C(=O)c1ccc(C(=C2CCNCC2)c2cccc(NCC(C)c3ccccc3)c2)cc1. The van der Waals surface area contributed by atoms with Gasteiger partial charge in [0, 0.05) is 30.9 Å². The van der Waals surface area contributed by atoms with E-state index in [4.69, 9.17) is 0 Å². The van der Waals surface area contributed by atoms with Gasteiger partial charge in [-0.2, -0.15) is 0 Å². The van der Waals surface area contributed by atoms with Gasteiger partial charge in [0.2, 0.25) is 0 Å². The quantitative estimate of drug-likeness (QED) is 0.363. The van der Waals surface area contributed by atoms with Gasteiger partial charge >= 0.3 is 0 Å². The van der Waals surface area contributed by atoms with E-state index < -0.39 is 0 Å². The molecule has 0 saturated carbocycles. The number of benzene rings is 3. The third-order valence-corrected chi connectivity index (χ3v) is 7.16. The summed E-state index contributed by atoms with van der Waals surface area (Å²) in [7, 11) is 0. The van der Waals surface area contributed by atoms with Gasteiger partial charge in [0.05, 0.1) is 0 Å². The highest BCUT2D eigenvalue weighted by Crippen LogP contribution is 2.33. The predicted octanol–water partition coefficient (Wildman–Crippen LogP) is 6.57. The minimum atomic E-state index is 0.0985. The van der Waals surface area contributed by atoms with Crippen molar-refractivity contribution in [1.82, 2.24) is 10.2 Å². The van der Waals surface area contributed by atoms with Crippen LogP contribution in [0.1, 0.15) is 66.6 Å². The molecule has 4 heteroatoms. The van der Waals surface area contributed by atoms with E-state index in [1.54, 1.807) is 0 Å². The highest BCUT2D eigenvalue weighted by molar-refractivity contribution is 5.95. The van der Waals surface area contributed by atoms with Gasteiger partial charge in [-0.25, -0.2) is 0 Å². The summed E-state index contributed by atoms with van der Waals surface area (Å²) in [6, 6.07) is 27.7. The summed E-state index contributed by atoms with van der Waals surface area (Å²) >= 11 is 0. The van der Waals surface area contributed by atoms with Crippen molar-refractivity contribution in [2.45, 2.75) is 39.5 Å². The molecule has 1 fully saturated rings. The highest BCUT2D eigenvalue weighted by Gasteiger charge is 2.17. The zero-order valence-corrected chi connectivity index (χ0v) is 21.9. The van der Waals surface area contributed by atoms with Gasteiger partial charge in [-0.15, -0.1) is 0 Å². The molecule has 1 aliphatic rings. The van der Waals surface area contributed by atoms with Gasteiger partial charge in [0.25, 0.3) is 5.91 Å². The average molecular weight is 482 g/mol. The van der Waals surface area contributed by atoms with Crippen LogP contribution in [0.2, 0.25) is 0 Å². The molecule has 0 aromatic heterocycles. The maximum Gasteiger partial charge on any atom is 0.253 e. The van der Waals surface area contributed by atoms with Crippen molar-refractivity contribution in [3.05, 3.63) is 107 Å².